The average Bonchev–Trinajstić information content (AvgIpc) is 2.90. The first-order chi connectivity index (χ1) is 11.4. The van der Waals surface area contributed by atoms with Crippen LogP contribution in [-0.4, -0.2) is 43.6 Å². The van der Waals surface area contributed by atoms with Crippen LogP contribution in [0, 0.1) is 11.8 Å². The van der Waals surface area contributed by atoms with Gasteiger partial charge >= 0.3 is 6.18 Å². The Hall–Kier alpha value is -1.47. The number of nitrogens with one attached hydrogen (secondary N) is 1. The molecule has 140 valence electrons. The van der Waals surface area contributed by atoms with E-state index in [9.17, 15) is 18.0 Å². The van der Waals surface area contributed by atoms with Crippen LogP contribution in [0.2, 0.25) is 0 Å². The molecule has 0 radical (unpaired) electrons. The van der Waals surface area contributed by atoms with E-state index >= 15 is 0 Å². The van der Waals surface area contributed by atoms with E-state index in [4.69, 9.17) is 4.74 Å². The monoisotopic (exact) mass is 378 g/mol. The fourth-order valence-electron chi connectivity index (χ4n) is 3.52. The minimum atomic E-state index is -4.49. The molecule has 1 amide bonds. The fourth-order valence-corrected chi connectivity index (χ4v) is 3.52. The fraction of sp³-hybridized carbons (Fsp3) is 0.588. The van der Waals surface area contributed by atoms with Gasteiger partial charge in [0, 0.05) is 13.1 Å². The van der Waals surface area contributed by atoms with Gasteiger partial charge in [0.25, 0.3) is 5.91 Å². The number of rotatable bonds is 3. The van der Waals surface area contributed by atoms with E-state index in [1.54, 1.807) is 4.90 Å². The number of ether oxygens (including phenoxy) is 1. The zero-order chi connectivity index (χ0) is 17.2. The number of benzene rings is 1. The topological polar surface area (TPSA) is 41.6 Å². The van der Waals surface area contributed by atoms with Crippen molar-refractivity contribution in [3.05, 3.63) is 29.8 Å². The zero-order valence-electron chi connectivity index (χ0n) is 13.7. The predicted octanol–water partition coefficient (Wildman–Crippen LogP) is 2.96. The molecule has 2 heterocycles. The number of carbonyl (C=O) groups excluding carboxylic acids is 1. The summed E-state index contributed by atoms with van der Waals surface area (Å²) < 4.78 is 44.0. The Morgan fingerprint density at radius 2 is 1.76 bits per heavy atom. The first kappa shape index (κ1) is 19.8. The second kappa shape index (κ2) is 8.27. The summed E-state index contributed by atoms with van der Waals surface area (Å²) in [5.41, 5.74) is -0.853. The molecule has 2 aliphatic heterocycles. The number of halogens is 4. The molecular weight excluding hydrogens is 357 g/mol. The maximum Gasteiger partial charge on any atom is 0.419 e. The lowest BCUT2D eigenvalue weighted by Gasteiger charge is -2.21. The van der Waals surface area contributed by atoms with Gasteiger partial charge < -0.3 is 15.0 Å². The molecule has 0 aliphatic carbocycles. The van der Waals surface area contributed by atoms with Crippen LogP contribution in [-0.2, 0) is 11.0 Å². The van der Waals surface area contributed by atoms with Gasteiger partial charge in [0.15, 0.2) is 6.61 Å². The second-order valence-electron chi connectivity index (χ2n) is 6.42. The molecule has 2 atom stereocenters. The van der Waals surface area contributed by atoms with E-state index < -0.39 is 11.7 Å². The van der Waals surface area contributed by atoms with Crippen LogP contribution in [0.3, 0.4) is 0 Å². The maximum atomic E-state index is 12.9. The summed E-state index contributed by atoms with van der Waals surface area (Å²) in [5, 5.41) is 3.37. The molecule has 0 spiro atoms. The van der Waals surface area contributed by atoms with Gasteiger partial charge in [0.2, 0.25) is 0 Å². The van der Waals surface area contributed by atoms with Crippen LogP contribution < -0.4 is 10.1 Å². The van der Waals surface area contributed by atoms with Crippen molar-refractivity contribution in [2.75, 3.05) is 32.8 Å². The van der Waals surface area contributed by atoms with Crippen LogP contribution >= 0.6 is 12.4 Å². The molecule has 1 N–H and O–H groups in total. The van der Waals surface area contributed by atoms with Crippen LogP contribution in [0.4, 0.5) is 13.2 Å². The van der Waals surface area contributed by atoms with Gasteiger partial charge in [0.1, 0.15) is 5.75 Å². The summed E-state index contributed by atoms with van der Waals surface area (Å²) in [6.45, 7) is 2.91. The lowest BCUT2D eigenvalue weighted by atomic mass is 9.92. The quantitative estimate of drug-likeness (QED) is 0.879. The lowest BCUT2D eigenvalue weighted by molar-refractivity contribution is -0.141. The van der Waals surface area contributed by atoms with Gasteiger partial charge in [-0.3, -0.25) is 4.79 Å². The van der Waals surface area contributed by atoms with E-state index in [1.807, 2.05) is 0 Å². The largest absolute Gasteiger partial charge is 0.483 e. The summed E-state index contributed by atoms with van der Waals surface area (Å²) in [6.07, 6.45) is -2.63. The minimum Gasteiger partial charge on any atom is -0.483 e. The molecule has 0 saturated carbocycles. The van der Waals surface area contributed by atoms with Gasteiger partial charge in [0.05, 0.1) is 5.56 Å². The predicted molar refractivity (Wildman–Crippen MR) is 89.9 cm³/mol. The molecule has 8 heteroatoms. The number of hydrogen-bond donors (Lipinski definition) is 1. The van der Waals surface area contributed by atoms with Crippen LogP contribution in [0.25, 0.3) is 0 Å². The molecule has 2 fully saturated rings. The number of carbonyl (C=O) groups is 1. The third kappa shape index (κ3) is 4.79. The zero-order valence-corrected chi connectivity index (χ0v) is 14.5. The molecular formula is C17H22ClF3N2O2. The number of nitrogens with zero attached hydrogens (tertiary/aromatic N) is 1. The summed E-state index contributed by atoms with van der Waals surface area (Å²) in [7, 11) is 0. The number of fused-ring (bicyclic) bond motifs is 1. The van der Waals surface area contributed by atoms with Crippen molar-refractivity contribution < 1.29 is 22.7 Å². The number of amides is 1. The van der Waals surface area contributed by atoms with Crippen LogP contribution in [0.5, 0.6) is 5.75 Å². The summed E-state index contributed by atoms with van der Waals surface area (Å²) >= 11 is 0. The molecule has 4 nitrogen and oxygen atoms in total. The third-order valence-electron chi connectivity index (χ3n) is 4.92. The first-order valence-corrected chi connectivity index (χ1v) is 8.22. The Morgan fingerprint density at radius 1 is 1.16 bits per heavy atom. The highest BCUT2D eigenvalue weighted by Gasteiger charge is 2.35. The Kier molecular flexibility index (Phi) is 6.57. The van der Waals surface area contributed by atoms with Crippen molar-refractivity contribution in [2.45, 2.75) is 19.0 Å². The summed E-state index contributed by atoms with van der Waals surface area (Å²) in [4.78, 5) is 14.0. The van der Waals surface area contributed by atoms with Gasteiger partial charge in [-0.25, -0.2) is 0 Å². The van der Waals surface area contributed by atoms with Gasteiger partial charge in [-0.2, -0.15) is 13.2 Å². The minimum absolute atomic E-state index is 0. The third-order valence-corrected chi connectivity index (χ3v) is 4.92. The van der Waals surface area contributed by atoms with Crippen molar-refractivity contribution in [1.82, 2.24) is 10.2 Å². The Balaban J connectivity index is 0.00000225. The molecule has 1 aromatic carbocycles. The molecule has 0 bridgehead atoms. The molecule has 25 heavy (non-hydrogen) atoms. The van der Waals surface area contributed by atoms with E-state index in [0.717, 1.165) is 32.0 Å². The molecule has 3 rings (SSSR count). The highest BCUT2D eigenvalue weighted by atomic mass is 35.5. The van der Waals surface area contributed by atoms with Gasteiger partial charge in [-0.1, -0.05) is 12.1 Å². The molecule has 0 aromatic heterocycles. The van der Waals surface area contributed by atoms with E-state index in [1.165, 1.54) is 18.2 Å². The number of alkyl halides is 3. The summed E-state index contributed by atoms with van der Waals surface area (Å²) in [6, 6.07) is 4.98. The number of para-hydroxylation sites is 1. The Labute approximate surface area is 151 Å². The normalized spacial score (nSPS) is 23.4. The lowest BCUT2D eigenvalue weighted by Crippen LogP contribution is -2.36. The van der Waals surface area contributed by atoms with Crippen molar-refractivity contribution in [3.63, 3.8) is 0 Å². The highest BCUT2D eigenvalue weighted by molar-refractivity contribution is 5.85. The van der Waals surface area contributed by atoms with Crippen LogP contribution in [0.1, 0.15) is 18.4 Å². The van der Waals surface area contributed by atoms with Gasteiger partial charge in [-0.15, -0.1) is 12.4 Å². The molecule has 2 saturated heterocycles. The van der Waals surface area contributed by atoms with Gasteiger partial charge in [-0.05, 0) is 49.9 Å². The maximum absolute atomic E-state index is 12.9. The number of likely N-dealkylation sites (tertiary alicyclic amines) is 1. The first-order valence-electron chi connectivity index (χ1n) is 8.22. The van der Waals surface area contributed by atoms with E-state index in [-0.39, 0.29) is 30.7 Å². The summed E-state index contributed by atoms with van der Waals surface area (Å²) in [5.74, 6) is 0.637. The van der Waals surface area contributed by atoms with E-state index in [2.05, 4.69) is 5.32 Å². The van der Waals surface area contributed by atoms with E-state index in [0.29, 0.717) is 24.9 Å². The highest BCUT2D eigenvalue weighted by Crippen LogP contribution is 2.36. The van der Waals surface area contributed by atoms with Crippen LogP contribution in [0.15, 0.2) is 24.3 Å². The second-order valence-corrected chi connectivity index (χ2v) is 6.42. The molecule has 1 aromatic rings. The standard InChI is InChI=1S/C17H21F3N2O2.ClH/c18-17(19,20)14-3-1-2-4-15(14)24-11-16(23)22-7-5-12-9-21-10-13(12)6-8-22;/h1-4,12-13,21H,5-11H2;1H/t12-,13+;. The van der Waals surface area contributed by atoms with Crippen molar-refractivity contribution in [2.24, 2.45) is 11.8 Å². The molecule has 0 unspecified atom stereocenters. The average molecular weight is 379 g/mol. The number of hydrogen-bond acceptors (Lipinski definition) is 3. The van der Waals surface area contributed by atoms with Crippen molar-refractivity contribution >= 4 is 18.3 Å². The Bertz CT molecular complexity index is 584. The van der Waals surface area contributed by atoms with Crippen molar-refractivity contribution in [1.29, 1.82) is 0 Å². The molecule has 2 aliphatic rings. The Morgan fingerprint density at radius 3 is 2.36 bits per heavy atom. The SMILES string of the molecule is Cl.O=C(COc1ccccc1C(F)(F)F)N1CC[C@@H]2CNC[C@@H]2CC1. The smallest absolute Gasteiger partial charge is 0.419 e. The van der Waals surface area contributed by atoms with Crippen molar-refractivity contribution in [3.8, 4) is 5.75 Å².